The Morgan fingerprint density at radius 2 is 1.84 bits per heavy atom. The number of rotatable bonds is 5. The lowest BCUT2D eigenvalue weighted by Gasteiger charge is -2.27. The fourth-order valence-corrected chi connectivity index (χ4v) is 4.82. The number of amides is 1. The number of nitrogens with zero attached hydrogens (tertiary/aromatic N) is 1. The van der Waals surface area contributed by atoms with Gasteiger partial charge in [0.15, 0.2) is 0 Å². The van der Waals surface area contributed by atoms with Gasteiger partial charge in [0, 0.05) is 21.4 Å². The number of carbonyl (C=O) groups excluding carboxylic acids is 1. The van der Waals surface area contributed by atoms with Crippen LogP contribution in [0.1, 0.15) is 34.8 Å². The summed E-state index contributed by atoms with van der Waals surface area (Å²) in [6, 6.07) is 22.1. The maximum absolute atomic E-state index is 12.5. The van der Waals surface area contributed by atoms with Gasteiger partial charge in [0.1, 0.15) is 11.9 Å². The van der Waals surface area contributed by atoms with E-state index in [0.717, 1.165) is 43.1 Å². The van der Waals surface area contributed by atoms with E-state index >= 15 is 0 Å². The predicted molar refractivity (Wildman–Crippen MR) is 130 cm³/mol. The molecule has 0 spiro atoms. The van der Waals surface area contributed by atoms with Gasteiger partial charge in [-0.05, 0) is 54.8 Å². The Kier molecular flexibility index (Phi) is 6.78. The van der Waals surface area contributed by atoms with E-state index in [1.54, 1.807) is 0 Å². The van der Waals surface area contributed by atoms with Gasteiger partial charge in [-0.25, -0.2) is 5.43 Å². The van der Waals surface area contributed by atoms with Crippen LogP contribution in [-0.2, 0) is 4.79 Å². The van der Waals surface area contributed by atoms with Crippen molar-refractivity contribution in [2.24, 2.45) is 5.10 Å². The highest BCUT2D eigenvalue weighted by molar-refractivity contribution is 9.10. The summed E-state index contributed by atoms with van der Waals surface area (Å²) in [5.41, 5.74) is 7.87. The zero-order valence-corrected chi connectivity index (χ0v) is 19.8. The molecular formula is C25H23BrN2O2S. The molecule has 6 heteroatoms. The number of benzene rings is 3. The van der Waals surface area contributed by atoms with Gasteiger partial charge in [-0.2, -0.15) is 5.10 Å². The summed E-state index contributed by atoms with van der Waals surface area (Å²) in [4.78, 5) is 13.6. The molecule has 3 aromatic rings. The van der Waals surface area contributed by atoms with E-state index in [-0.39, 0.29) is 12.0 Å². The van der Waals surface area contributed by atoms with Crippen LogP contribution < -0.4 is 10.2 Å². The van der Waals surface area contributed by atoms with Gasteiger partial charge in [0.25, 0.3) is 0 Å². The van der Waals surface area contributed by atoms with E-state index in [1.807, 2.05) is 68.4 Å². The topological polar surface area (TPSA) is 50.7 Å². The van der Waals surface area contributed by atoms with E-state index in [2.05, 4.69) is 38.6 Å². The lowest BCUT2D eigenvalue weighted by Crippen LogP contribution is -2.26. The number of halogens is 1. The van der Waals surface area contributed by atoms with Crippen molar-refractivity contribution in [1.82, 2.24) is 5.43 Å². The number of hydrazone groups is 1. The third kappa shape index (κ3) is 5.20. The minimum atomic E-state index is -0.130. The molecule has 1 aliphatic rings. The monoisotopic (exact) mass is 494 g/mol. The molecule has 1 heterocycles. The van der Waals surface area contributed by atoms with Gasteiger partial charge in [-0.15, -0.1) is 11.8 Å². The molecular weight excluding hydrogens is 472 g/mol. The van der Waals surface area contributed by atoms with Gasteiger partial charge in [0.2, 0.25) is 5.91 Å². The second-order valence-electron chi connectivity index (χ2n) is 7.47. The minimum Gasteiger partial charge on any atom is -0.485 e. The van der Waals surface area contributed by atoms with Crippen molar-refractivity contribution in [3.05, 3.63) is 93.5 Å². The maximum atomic E-state index is 12.5. The van der Waals surface area contributed by atoms with Crippen molar-refractivity contribution >= 4 is 39.3 Å². The number of hydrogen-bond donors (Lipinski definition) is 1. The molecule has 0 aliphatic carbocycles. The van der Waals surface area contributed by atoms with Crippen LogP contribution in [0.25, 0.3) is 0 Å². The molecule has 1 N–H and O–H groups in total. The molecule has 1 atom stereocenters. The van der Waals surface area contributed by atoms with Crippen LogP contribution >= 0.6 is 27.7 Å². The Bertz CT molecular complexity index is 1130. The highest BCUT2D eigenvalue weighted by Crippen LogP contribution is 2.35. The number of hydrogen-bond acceptors (Lipinski definition) is 4. The molecule has 0 saturated carbocycles. The quantitative estimate of drug-likeness (QED) is 0.339. The SMILES string of the molecule is Cc1cc(SCC(=O)N/N=C2/CC(c3ccccc3)Oc3ccccc32)c(C)cc1Br. The van der Waals surface area contributed by atoms with E-state index in [0.29, 0.717) is 12.2 Å². The Morgan fingerprint density at radius 3 is 2.65 bits per heavy atom. The number of fused-ring (bicyclic) bond motifs is 1. The lowest BCUT2D eigenvalue weighted by molar-refractivity contribution is -0.118. The first-order chi connectivity index (χ1) is 15.0. The lowest BCUT2D eigenvalue weighted by atomic mass is 9.96. The maximum Gasteiger partial charge on any atom is 0.250 e. The third-order valence-corrected chi connectivity index (χ3v) is 7.16. The van der Waals surface area contributed by atoms with Crippen LogP contribution in [0.4, 0.5) is 0 Å². The number of ether oxygens (including phenoxy) is 1. The summed E-state index contributed by atoms with van der Waals surface area (Å²) < 4.78 is 7.27. The molecule has 0 aromatic heterocycles. The predicted octanol–water partition coefficient (Wildman–Crippen LogP) is 6.20. The summed E-state index contributed by atoms with van der Waals surface area (Å²) in [5, 5.41) is 4.48. The second-order valence-corrected chi connectivity index (χ2v) is 9.34. The van der Waals surface area contributed by atoms with Gasteiger partial charge in [-0.3, -0.25) is 4.79 Å². The molecule has 1 amide bonds. The molecule has 158 valence electrons. The van der Waals surface area contributed by atoms with Crippen LogP contribution in [0.3, 0.4) is 0 Å². The Morgan fingerprint density at radius 1 is 1.10 bits per heavy atom. The molecule has 3 aromatic carbocycles. The molecule has 0 bridgehead atoms. The highest BCUT2D eigenvalue weighted by Gasteiger charge is 2.26. The Hall–Kier alpha value is -2.57. The minimum absolute atomic E-state index is 0.127. The molecule has 0 radical (unpaired) electrons. The van der Waals surface area contributed by atoms with Crippen LogP contribution in [0.2, 0.25) is 0 Å². The van der Waals surface area contributed by atoms with Crippen LogP contribution in [-0.4, -0.2) is 17.4 Å². The average Bonchev–Trinajstić information content (AvgIpc) is 2.79. The van der Waals surface area contributed by atoms with E-state index < -0.39 is 0 Å². The average molecular weight is 495 g/mol. The Balaban J connectivity index is 1.47. The van der Waals surface area contributed by atoms with Crippen molar-refractivity contribution < 1.29 is 9.53 Å². The van der Waals surface area contributed by atoms with Crippen molar-refractivity contribution in [2.45, 2.75) is 31.3 Å². The highest BCUT2D eigenvalue weighted by atomic mass is 79.9. The van der Waals surface area contributed by atoms with Gasteiger partial charge in [0.05, 0.1) is 11.5 Å². The fraction of sp³-hybridized carbons (Fsp3) is 0.200. The first kappa shape index (κ1) is 21.7. The van der Waals surface area contributed by atoms with Crippen molar-refractivity contribution in [1.29, 1.82) is 0 Å². The van der Waals surface area contributed by atoms with E-state index in [4.69, 9.17) is 4.74 Å². The molecule has 31 heavy (non-hydrogen) atoms. The normalized spacial score (nSPS) is 16.5. The second kappa shape index (κ2) is 9.71. The first-order valence-corrected chi connectivity index (χ1v) is 11.8. The van der Waals surface area contributed by atoms with Crippen LogP contribution in [0.15, 0.2) is 81.2 Å². The number of thioether (sulfide) groups is 1. The number of nitrogens with one attached hydrogen (secondary N) is 1. The summed E-state index contributed by atoms with van der Waals surface area (Å²) in [6.45, 7) is 4.10. The van der Waals surface area contributed by atoms with Gasteiger partial charge >= 0.3 is 0 Å². The van der Waals surface area contributed by atoms with Crippen LogP contribution in [0.5, 0.6) is 5.75 Å². The van der Waals surface area contributed by atoms with Crippen molar-refractivity contribution in [2.75, 3.05) is 5.75 Å². The third-order valence-electron chi connectivity index (χ3n) is 5.15. The largest absolute Gasteiger partial charge is 0.485 e. The summed E-state index contributed by atoms with van der Waals surface area (Å²) in [5.74, 6) is 0.961. The molecule has 4 rings (SSSR count). The molecule has 1 unspecified atom stereocenters. The van der Waals surface area contributed by atoms with E-state index in [1.165, 1.54) is 11.8 Å². The first-order valence-electron chi connectivity index (χ1n) is 10.1. The smallest absolute Gasteiger partial charge is 0.250 e. The van der Waals surface area contributed by atoms with Crippen molar-refractivity contribution in [3.63, 3.8) is 0 Å². The standard InChI is InChI=1S/C25H23BrN2O2S/c1-16-13-24(17(2)12-20(16)26)31-15-25(29)28-27-21-14-23(18-8-4-3-5-9-18)30-22-11-7-6-10-19(21)22/h3-13,23H,14-15H2,1-2H3,(H,28,29)/b27-21-. The summed E-state index contributed by atoms with van der Waals surface area (Å²) >= 11 is 5.07. The number of aryl methyl sites for hydroxylation is 2. The molecule has 4 nitrogen and oxygen atoms in total. The molecule has 0 saturated heterocycles. The number of carbonyl (C=O) groups is 1. The van der Waals surface area contributed by atoms with Gasteiger partial charge in [-0.1, -0.05) is 58.4 Å². The zero-order valence-electron chi connectivity index (χ0n) is 17.4. The van der Waals surface area contributed by atoms with Gasteiger partial charge < -0.3 is 4.74 Å². The van der Waals surface area contributed by atoms with Crippen molar-refractivity contribution in [3.8, 4) is 5.75 Å². The summed E-state index contributed by atoms with van der Waals surface area (Å²) in [6.07, 6.45) is 0.467. The fourth-order valence-electron chi connectivity index (χ4n) is 3.46. The molecule has 0 fully saturated rings. The number of para-hydroxylation sites is 1. The van der Waals surface area contributed by atoms with Crippen LogP contribution in [0, 0.1) is 13.8 Å². The molecule has 1 aliphatic heterocycles. The summed E-state index contributed by atoms with van der Waals surface area (Å²) in [7, 11) is 0. The Labute approximate surface area is 195 Å². The zero-order chi connectivity index (χ0) is 21.8. The van der Waals surface area contributed by atoms with E-state index in [9.17, 15) is 4.79 Å².